The van der Waals surface area contributed by atoms with Crippen LogP contribution in [0.3, 0.4) is 0 Å². The Labute approximate surface area is 151 Å². The Kier molecular flexibility index (Phi) is 5.20. The van der Waals surface area contributed by atoms with Gasteiger partial charge in [0.05, 0.1) is 18.0 Å². The molecule has 1 aromatic carbocycles. The molecule has 0 saturated carbocycles. The van der Waals surface area contributed by atoms with Gasteiger partial charge in [-0.1, -0.05) is 24.3 Å². The minimum Gasteiger partial charge on any atom is -0.383 e. The van der Waals surface area contributed by atoms with Crippen LogP contribution in [0.25, 0.3) is 0 Å². The molecule has 1 aromatic heterocycles. The number of benzene rings is 1. The van der Waals surface area contributed by atoms with Gasteiger partial charge in [0.1, 0.15) is 5.60 Å². The highest BCUT2D eigenvalue weighted by atomic mass is 32.1. The zero-order valence-electron chi connectivity index (χ0n) is 14.2. The van der Waals surface area contributed by atoms with Gasteiger partial charge >= 0.3 is 0 Å². The molecule has 132 valence electrons. The first-order chi connectivity index (χ1) is 12.0. The maximum Gasteiger partial charge on any atom is 0.261 e. The maximum atomic E-state index is 12.4. The van der Waals surface area contributed by atoms with Gasteiger partial charge in [-0.05, 0) is 42.5 Å². The molecule has 3 rings (SSSR count). The second-order valence-corrected chi connectivity index (χ2v) is 7.57. The Morgan fingerprint density at radius 3 is 2.80 bits per heavy atom. The number of amides is 2. The number of thiophene rings is 1. The first kappa shape index (κ1) is 17.6. The van der Waals surface area contributed by atoms with E-state index < -0.39 is 5.60 Å². The summed E-state index contributed by atoms with van der Waals surface area (Å²) < 4.78 is 0. The van der Waals surface area contributed by atoms with Crippen molar-refractivity contribution in [2.45, 2.75) is 38.3 Å². The number of aryl methyl sites for hydroxylation is 1. The highest BCUT2D eigenvalue weighted by molar-refractivity contribution is 7.14. The molecule has 0 spiro atoms. The standard InChI is InChI=1S/C19H22N2O3S/c1-13(22)20-11-15-8-9-17(25-15)18(23)21-12-19(24)10-4-6-14-5-2-3-7-16(14)19/h2-3,5,7-9,24H,4,6,10-12H2,1H3,(H,20,22)(H,21,23). The summed E-state index contributed by atoms with van der Waals surface area (Å²) in [6.07, 6.45) is 2.51. The molecule has 2 amide bonds. The summed E-state index contributed by atoms with van der Waals surface area (Å²) in [5.74, 6) is -0.298. The van der Waals surface area contributed by atoms with Crippen molar-refractivity contribution in [1.29, 1.82) is 0 Å². The van der Waals surface area contributed by atoms with Gasteiger partial charge in [-0.2, -0.15) is 0 Å². The number of carbonyl (C=O) groups is 2. The fraction of sp³-hybridized carbons (Fsp3) is 0.368. The van der Waals surface area contributed by atoms with Crippen molar-refractivity contribution in [3.05, 3.63) is 57.3 Å². The largest absolute Gasteiger partial charge is 0.383 e. The van der Waals surface area contributed by atoms with Crippen molar-refractivity contribution in [2.24, 2.45) is 0 Å². The molecular weight excluding hydrogens is 336 g/mol. The average molecular weight is 358 g/mol. The van der Waals surface area contributed by atoms with Crippen LogP contribution in [0, 0.1) is 0 Å². The zero-order valence-corrected chi connectivity index (χ0v) is 15.0. The third kappa shape index (κ3) is 4.08. The summed E-state index contributed by atoms with van der Waals surface area (Å²) in [6.45, 7) is 2.08. The minimum atomic E-state index is -1.01. The van der Waals surface area contributed by atoms with Gasteiger partial charge in [-0.3, -0.25) is 9.59 Å². The first-order valence-corrected chi connectivity index (χ1v) is 9.22. The van der Waals surface area contributed by atoms with E-state index in [2.05, 4.69) is 10.6 Å². The number of nitrogens with one attached hydrogen (secondary N) is 2. The molecule has 0 radical (unpaired) electrons. The normalized spacial score (nSPS) is 19.1. The van der Waals surface area contributed by atoms with Crippen molar-refractivity contribution >= 4 is 23.2 Å². The summed E-state index contributed by atoms with van der Waals surface area (Å²) in [6, 6.07) is 11.5. The Balaban J connectivity index is 1.64. The summed E-state index contributed by atoms with van der Waals surface area (Å²) in [7, 11) is 0. The van der Waals surface area contributed by atoms with E-state index >= 15 is 0 Å². The Bertz CT molecular complexity index is 786. The summed E-state index contributed by atoms with van der Waals surface area (Å²) in [5.41, 5.74) is 1.05. The lowest BCUT2D eigenvalue weighted by Gasteiger charge is -2.34. The molecule has 6 heteroatoms. The summed E-state index contributed by atoms with van der Waals surface area (Å²) in [4.78, 5) is 24.8. The number of rotatable bonds is 5. The van der Waals surface area contributed by atoms with E-state index in [-0.39, 0.29) is 18.4 Å². The number of carbonyl (C=O) groups excluding carboxylic acids is 2. The molecule has 5 nitrogen and oxygen atoms in total. The quantitative estimate of drug-likeness (QED) is 0.768. The fourth-order valence-electron chi connectivity index (χ4n) is 3.20. The van der Waals surface area contributed by atoms with Crippen molar-refractivity contribution in [3.63, 3.8) is 0 Å². The first-order valence-electron chi connectivity index (χ1n) is 8.40. The summed E-state index contributed by atoms with van der Waals surface area (Å²) >= 11 is 1.35. The lowest BCUT2D eigenvalue weighted by atomic mass is 9.79. The molecule has 0 aliphatic heterocycles. The predicted molar refractivity (Wildman–Crippen MR) is 97.4 cm³/mol. The second kappa shape index (κ2) is 7.37. The van der Waals surface area contributed by atoms with Crippen molar-refractivity contribution in [2.75, 3.05) is 6.54 Å². The van der Waals surface area contributed by atoms with Gasteiger partial charge in [0, 0.05) is 11.8 Å². The Morgan fingerprint density at radius 2 is 2.00 bits per heavy atom. The molecule has 1 atom stereocenters. The van der Waals surface area contributed by atoms with Crippen LogP contribution >= 0.6 is 11.3 Å². The molecule has 3 N–H and O–H groups in total. The van der Waals surface area contributed by atoms with Gasteiger partial charge in [-0.15, -0.1) is 11.3 Å². The highest BCUT2D eigenvalue weighted by Crippen LogP contribution is 2.34. The Hall–Kier alpha value is -2.18. The molecule has 0 fully saturated rings. The maximum absolute atomic E-state index is 12.4. The molecule has 1 aliphatic carbocycles. The van der Waals surface area contributed by atoms with Gasteiger partial charge in [0.15, 0.2) is 0 Å². The third-order valence-corrected chi connectivity index (χ3v) is 5.58. The highest BCUT2D eigenvalue weighted by Gasteiger charge is 2.34. The van der Waals surface area contributed by atoms with Gasteiger partial charge in [0.25, 0.3) is 5.91 Å². The molecule has 0 bridgehead atoms. The summed E-state index contributed by atoms with van der Waals surface area (Å²) in [5, 5.41) is 16.6. The van der Waals surface area contributed by atoms with Gasteiger partial charge in [0.2, 0.25) is 5.91 Å². The molecular formula is C19H22N2O3S. The minimum absolute atomic E-state index is 0.0995. The van der Waals surface area contributed by atoms with E-state index in [0.717, 1.165) is 28.8 Å². The predicted octanol–water partition coefficient (Wildman–Crippen LogP) is 2.34. The lowest BCUT2D eigenvalue weighted by Crippen LogP contribution is -2.42. The van der Waals surface area contributed by atoms with Crippen LogP contribution in [-0.2, 0) is 23.4 Å². The van der Waals surface area contributed by atoms with Crippen molar-refractivity contribution in [3.8, 4) is 0 Å². The van der Waals surface area contributed by atoms with E-state index in [4.69, 9.17) is 0 Å². The second-order valence-electron chi connectivity index (χ2n) is 6.40. The molecule has 1 aliphatic rings. The van der Waals surface area contributed by atoms with E-state index in [1.165, 1.54) is 18.3 Å². The zero-order chi connectivity index (χ0) is 17.9. The number of hydrogen-bond donors (Lipinski definition) is 3. The van der Waals surface area contributed by atoms with Crippen LogP contribution in [0.1, 0.15) is 45.4 Å². The molecule has 2 aromatic rings. The number of hydrogen-bond acceptors (Lipinski definition) is 4. The van der Waals surface area contributed by atoms with Crippen LogP contribution in [0.4, 0.5) is 0 Å². The van der Waals surface area contributed by atoms with E-state index in [0.29, 0.717) is 17.8 Å². The lowest BCUT2D eigenvalue weighted by molar-refractivity contribution is -0.119. The monoisotopic (exact) mass is 358 g/mol. The Morgan fingerprint density at radius 1 is 1.20 bits per heavy atom. The van der Waals surface area contributed by atoms with Crippen LogP contribution in [0.2, 0.25) is 0 Å². The molecule has 25 heavy (non-hydrogen) atoms. The van der Waals surface area contributed by atoms with Crippen LogP contribution < -0.4 is 10.6 Å². The SMILES string of the molecule is CC(=O)NCc1ccc(C(=O)NCC2(O)CCCc3ccccc32)s1. The molecule has 1 unspecified atom stereocenters. The van der Waals surface area contributed by atoms with Crippen molar-refractivity contribution < 1.29 is 14.7 Å². The van der Waals surface area contributed by atoms with Gasteiger partial charge < -0.3 is 15.7 Å². The van der Waals surface area contributed by atoms with Crippen LogP contribution in [0.5, 0.6) is 0 Å². The third-order valence-electron chi connectivity index (χ3n) is 4.49. The smallest absolute Gasteiger partial charge is 0.261 e. The van der Waals surface area contributed by atoms with Gasteiger partial charge in [-0.25, -0.2) is 0 Å². The molecule has 0 saturated heterocycles. The van der Waals surface area contributed by atoms with Crippen LogP contribution in [0.15, 0.2) is 36.4 Å². The average Bonchev–Trinajstić information content (AvgIpc) is 3.08. The fourth-order valence-corrected chi connectivity index (χ4v) is 4.07. The van der Waals surface area contributed by atoms with E-state index in [1.54, 1.807) is 6.07 Å². The van der Waals surface area contributed by atoms with Crippen molar-refractivity contribution in [1.82, 2.24) is 10.6 Å². The van der Waals surface area contributed by atoms with E-state index in [1.807, 2.05) is 30.3 Å². The number of fused-ring (bicyclic) bond motifs is 1. The van der Waals surface area contributed by atoms with E-state index in [9.17, 15) is 14.7 Å². The van der Waals surface area contributed by atoms with Crippen LogP contribution in [-0.4, -0.2) is 23.5 Å². The number of aliphatic hydroxyl groups is 1. The molecule has 1 heterocycles. The topological polar surface area (TPSA) is 78.4 Å².